The van der Waals surface area contributed by atoms with Crippen LogP contribution in [0.4, 0.5) is 4.39 Å². The summed E-state index contributed by atoms with van der Waals surface area (Å²) in [7, 11) is 0. The first-order valence-corrected chi connectivity index (χ1v) is 12.5. The zero-order valence-corrected chi connectivity index (χ0v) is 19.5. The van der Waals surface area contributed by atoms with E-state index in [1.807, 2.05) is 6.07 Å². The second-order valence-corrected chi connectivity index (χ2v) is 10.8. The van der Waals surface area contributed by atoms with Crippen LogP contribution in [0, 0.1) is 47.2 Å². The van der Waals surface area contributed by atoms with Crippen molar-refractivity contribution in [1.29, 1.82) is 0 Å². The predicted molar refractivity (Wildman–Crippen MR) is 126 cm³/mol. The Morgan fingerprint density at radius 3 is 2.72 bits per heavy atom. The Hall–Kier alpha value is -2.16. The van der Waals surface area contributed by atoms with Crippen LogP contribution in [-0.2, 0) is 9.53 Å². The van der Waals surface area contributed by atoms with E-state index in [4.69, 9.17) is 4.74 Å². The highest BCUT2D eigenvalue weighted by atomic mass is 19.1. The second-order valence-electron chi connectivity index (χ2n) is 10.8. The van der Waals surface area contributed by atoms with E-state index in [0.29, 0.717) is 29.6 Å². The van der Waals surface area contributed by atoms with Crippen molar-refractivity contribution in [3.63, 3.8) is 0 Å². The van der Waals surface area contributed by atoms with Gasteiger partial charge in [-0.1, -0.05) is 56.7 Å². The fourth-order valence-electron chi connectivity index (χ4n) is 7.15. The van der Waals surface area contributed by atoms with E-state index >= 15 is 0 Å². The van der Waals surface area contributed by atoms with Crippen molar-refractivity contribution < 1.29 is 13.9 Å². The number of hydrogen-bond acceptors (Lipinski definition) is 2. The Morgan fingerprint density at radius 1 is 1.09 bits per heavy atom. The summed E-state index contributed by atoms with van der Waals surface area (Å²) in [5.41, 5.74) is 3.49. The highest BCUT2D eigenvalue weighted by Gasteiger charge is 2.54. The van der Waals surface area contributed by atoms with Gasteiger partial charge in [-0.05, 0) is 91.0 Å². The predicted octanol–water partition coefficient (Wildman–Crippen LogP) is 6.98. The Bertz CT molecular complexity index is 973. The van der Waals surface area contributed by atoms with Crippen LogP contribution in [0.25, 0.3) is 5.57 Å². The van der Waals surface area contributed by atoms with Gasteiger partial charge in [-0.3, -0.25) is 4.79 Å². The van der Waals surface area contributed by atoms with Crippen molar-refractivity contribution >= 4 is 11.5 Å². The van der Waals surface area contributed by atoms with Gasteiger partial charge in [0, 0.05) is 5.92 Å². The van der Waals surface area contributed by atoms with E-state index in [-0.39, 0.29) is 23.8 Å². The molecule has 0 bridgehead atoms. The molecule has 32 heavy (non-hydrogen) atoms. The van der Waals surface area contributed by atoms with Crippen LogP contribution in [0.15, 0.2) is 54.1 Å². The highest BCUT2D eigenvalue weighted by molar-refractivity contribution is 5.75. The van der Waals surface area contributed by atoms with Gasteiger partial charge in [0.2, 0.25) is 0 Å². The molecular weight excluding hydrogens is 399 g/mol. The van der Waals surface area contributed by atoms with Gasteiger partial charge in [-0.25, -0.2) is 4.39 Å². The van der Waals surface area contributed by atoms with Gasteiger partial charge in [-0.15, -0.1) is 0 Å². The Balaban J connectivity index is 1.40. The maximum Gasteiger partial charge on any atom is 0.309 e. The lowest BCUT2D eigenvalue weighted by Crippen LogP contribution is -2.43. The third kappa shape index (κ3) is 4.00. The number of rotatable bonds is 3. The fourth-order valence-corrected chi connectivity index (χ4v) is 7.15. The lowest BCUT2D eigenvalue weighted by molar-refractivity contribution is -0.144. The number of esters is 1. The van der Waals surface area contributed by atoms with E-state index < -0.39 is 0 Å². The summed E-state index contributed by atoms with van der Waals surface area (Å²) in [6.45, 7) is 6.67. The number of hydrogen-bond donors (Lipinski definition) is 0. The van der Waals surface area contributed by atoms with Crippen molar-refractivity contribution in [2.75, 3.05) is 0 Å². The average Bonchev–Trinajstić information content (AvgIpc) is 3.04. The number of fused-ring (bicyclic) bond motifs is 2. The molecule has 8 atom stereocenters. The summed E-state index contributed by atoms with van der Waals surface area (Å²) < 4.78 is 19.4. The molecule has 1 aliphatic heterocycles. The molecular formula is C29H35FO2. The summed E-state index contributed by atoms with van der Waals surface area (Å²) in [6, 6.07) is 6.90. The zero-order chi connectivity index (χ0) is 22.4. The lowest BCUT2D eigenvalue weighted by atomic mass is 9.56. The maximum atomic E-state index is 13.7. The molecule has 3 heteroatoms. The van der Waals surface area contributed by atoms with Crippen LogP contribution < -0.4 is 0 Å². The van der Waals surface area contributed by atoms with Crippen molar-refractivity contribution in [1.82, 2.24) is 0 Å². The number of carbonyl (C=O) groups is 1. The molecule has 0 radical (unpaired) electrons. The van der Waals surface area contributed by atoms with Crippen molar-refractivity contribution in [2.24, 2.45) is 41.4 Å². The molecule has 0 amide bonds. The largest absolute Gasteiger partial charge is 0.462 e. The summed E-state index contributed by atoms with van der Waals surface area (Å²) in [5, 5.41) is 0. The molecule has 3 fully saturated rings. The Morgan fingerprint density at radius 2 is 1.94 bits per heavy atom. The van der Waals surface area contributed by atoms with Crippen molar-refractivity contribution in [2.45, 2.75) is 59.0 Å². The third-order valence-corrected chi connectivity index (χ3v) is 8.65. The molecule has 1 aromatic rings. The summed E-state index contributed by atoms with van der Waals surface area (Å²) in [4.78, 5) is 12.6. The number of allylic oxidation sites excluding steroid dienone is 6. The Kier molecular flexibility index (Phi) is 5.86. The number of cyclic esters (lactones) is 1. The van der Waals surface area contributed by atoms with Crippen molar-refractivity contribution in [3.8, 4) is 0 Å². The van der Waals surface area contributed by atoms with Crippen LogP contribution in [0.3, 0.4) is 0 Å². The first-order chi connectivity index (χ1) is 15.4. The first-order valence-electron chi connectivity index (χ1n) is 12.5. The topological polar surface area (TPSA) is 26.3 Å². The van der Waals surface area contributed by atoms with E-state index in [2.05, 4.69) is 45.1 Å². The summed E-state index contributed by atoms with van der Waals surface area (Å²) in [5.74, 6) is 3.07. The first kappa shape index (κ1) is 21.7. The lowest BCUT2D eigenvalue weighted by Gasteiger charge is -2.47. The molecule has 170 valence electrons. The number of benzene rings is 1. The van der Waals surface area contributed by atoms with Gasteiger partial charge in [0.1, 0.15) is 11.9 Å². The van der Waals surface area contributed by atoms with Gasteiger partial charge in [0.05, 0.1) is 5.92 Å². The Labute approximate surface area is 191 Å². The summed E-state index contributed by atoms with van der Waals surface area (Å²) in [6.07, 6.45) is 14.9. The fraction of sp³-hybridized carbons (Fsp3) is 0.552. The van der Waals surface area contributed by atoms with Gasteiger partial charge in [-0.2, -0.15) is 0 Å². The van der Waals surface area contributed by atoms with E-state index in [1.165, 1.54) is 36.5 Å². The number of halogens is 1. The molecule has 1 unspecified atom stereocenters. The van der Waals surface area contributed by atoms with Crippen LogP contribution in [0.2, 0.25) is 0 Å². The van der Waals surface area contributed by atoms with E-state index in [9.17, 15) is 9.18 Å². The molecule has 1 heterocycles. The molecule has 2 saturated carbocycles. The molecule has 0 spiro atoms. The van der Waals surface area contributed by atoms with Crippen LogP contribution in [0.5, 0.6) is 0 Å². The molecule has 1 aromatic carbocycles. The minimum absolute atomic E-state index is 0.0150. The minimum atomic E-state index is -0.184. The number of carbonyl (C=O) groups excluding carboxylic acids is 1. The molecule has 5 rings (SSSR count). The molecule has 0 N–H and O–H groups in total. The SMILES string of the molecule is CC1CC(/C=C/[C@@H]2[C@@H]3CC[C@H](C)C[C@H]3C[C@@H]3C(=O)O[C@@H](C)[C@H]23)=CC=C1c1cccc(F)c1. The van der Waals surface area contributed by atoms with E-state index in [0.717, 1.165) is 24.3 Å². The molecule has 3 aliphatic carbocycles. The summed E-state index contributed by atoms with van der Waals surface area (Å²) >= 11 is 0. The van der Waals surface area contributed by atoms with E-state index in [1.54, 1.807) is 12.1 Å². The third-order valence-electron chi connectivity index (χ3n) is 8.65. The van der Waals surface area contributed by atoms with Crippen LogP contribution >= 0.6 is 0 Å². The van der Waals surface area contributed by atoms with Gasteiger partial charge < -0.3 is 4.74 Å². The average molecular weight is 435 g/mol. The molecule has 4 aliphatic rings. The van der Waals surface area contributed by atoms with Crippen LogP contribution in [0.1, 0.15) is 58.4 Å². The normalized spacial score (nSPS) is 39.2. The quantitative estimate of drug-likeness (QED) is 0.480. The van der Waals surface area contributed by atoms with Crippen molar-refractivity contribution in [3.05, 3.63) is 65.5 Å². The standard InChI is InChI=1S/C29H35FO2/c1-17-7-10-25-22(13-17)16-27-28(19(3)32-29(27)31)26(25)12-9-20-8-11-24(18(2)14-20)21-5-4-6-23(30)15-21/h4-6,8-9,11-12,15,17-19,22,25-28H,7,10,13-14,16H2,1-3H3/b12-9+/t17-,18?,19-,22-,25+,26+,27-,28+/m0/s1. The molecule has 1 saturated heterocycles. The monoisotopic (exact) mass is 434 g/mol. The minimum Gasteiger partial charge on any atom is -0.462 e. The van der Waals surface area contributed by atoms with Crippen LogP contribution in [-0.4, -0.2) is 12.1 Å². The molecule has 0 aromatic heterocycles. The van der Waals surface area contributed by atoms with Gasteiger partial charge >= 0.3 is 5.97 Å². The molecule has 2 nitrogen and oxygen atoms in total. The number of ether oxygens (including phenoxy) is 1. The van der Waals surface area contributed by atoms with Gasteiger partial charge in [0.25, 0.3) is 0 Å². The van der Waals surface area contributed by atoms with Gasteiger partial charge in [0.15, 0.2) is 0 Å². The second kappa shape index (κ2) is 8.65. The highest BCUT2D eigenvalue weighted by Crippen LogP contribution is 2.54. The maximum absolute atomic E-state index is 13.7. The zero-order valence-electron chi connectivity index (χ0n) is 19.5. The smallest absolute Gasteiger partial charge is 0.309 e.